The molecular weight excluding hydrogens is 176 g/mol. The summed E-state index contributed by atoms with van der Waals surface area (Å²) in [6.07, 6.45) is 0. The van der Waals surface area contributed by atoms with Crippen molar-refractivity contribution in [3.8, 4) is 5.88 Å². The quantitative estimate of drug-likeness (QED) is 0.789. The average Bonchev–Trinajstić information content (AvgIpc) is 2.30. The second kappa shape index (κ2) is 3.64. The van der Waals surface area contributed by atoms with Crippen LogP contribution in [0.5, 0.6) is 5.88 Å². The normalized spacial score (nSPS) is 12.4. The second-order valence-electron chi connectivity index (χ2n) is 5.21. The van der Waals surface area contributed by atoms with E-state index in [2.05, 4.69) is 39.7 Å². The zero-order valence-electron chi connectivity index (χ0n) is 9.70. The SMILES string of the molecule is CC(C)Cn1nc(C(C)(C)C)cc1O. The van der Waals surface area contributed by atoms with Crippen molar-refractivity contribution in [1.82, 2.24) is 9.78 Å². The molecule has 0 aliphatic carbocycles. The van der Waals surface area contributed by atoms with Crippen LogP contribution in [-0.4, -0.2) is 14.9 Å². The third-order valence-corrected chi connectivity index (χ3v) is 2.07. The van der Waals surface area contributed by atoms with Crippen LogP contribution in [0, 0.1) is 5.92 Å². The van der Waals surface area contributed by atoms with Gasteiger partial charge in [0.05, 0.1) is 5.69 Å². The Morgan fingerprint density at radius 1 is 1.43 bits per heavy atom. The molecule has 0 radical (unpaired) electrons. The van der Waals surface area contributed by atoms with Crippen molar-refractivity contribution in [2.75, 3.05) is 0 Å². The molecule has 1 rings (SSSR count). The predicted octanol–water partition coefficient (Wildman–Crippen LogP) is 2.54. The molecule has 80 valence electrons. The summed E-state index contributed by atoms with van der Waals surface area (Å²) in [5.74, 6) is 0.761. The largest absolute Gasteiger partial charge is 0.493 e. The van der Waals surface area contributed by atoms with Crippen molar-refractivity contribution in [3.63, 3.8) is 0 Å². The van der Waals surface area contributed by atoms with Gasteiger partial charge in [-0.1, -0.05) is 34.6 Å². The maximum absolute atomic E-state index is 9.64. The summed E-state index contributed by atoms with van der Waals surface area (Å²) in [5.41, 5.74) is 0.940. The minimum atomic E-state index is -0.000288. The standard InChI is InChI=1S/C11H20N2O/c1-8(2)7-13-10(14)6-9(12-13)11(3,4)5/h6,8,14H,7H2,1-5H3. The molecule has 0 fully saturated rings. The van der Waals surface area contributed by atoms with Gasteiger partial charge in [-0.25, -0.2) is 4.68 Å². The number of hydrogen-bond donors (Lipinski definition) is 1. The molecule has 1 N–H and O–H groups in total. The number of hydrogen-bond acceptors (Lipinski definition) is 2. The van der Waals surface area contributed by atoms with Gasteiger partial charge in [-0.3, -0.25) is 0 Å². The van der Waals surface area contributed by atoms with Crippen LogP contribution in [0.3, 0.4) is 0 Å². The first kappa shape index (κ1) is 11.1. The fourth-order valence-corrected chi connectivity index (χ4v) is 1.25. The van der Waals surface area contributed by atoms with E-state index in [4.69, 9.17) is 0 Å². The van der Waals surface area contributed by atoms with Gasteiger partial charge in [-0.15, -0.1) is 0 Å². The third kappa shape index (κ3) is 2.50. The highest BCUT2D eigenvalue weighted by atomic mass is 16.3. The van der Waals surface area contributed by atoms with Gasteiger partial charge >= 0.3 is 0 Å². The van der Waals surface area contributed by atoms with Crippen molar-refractivity contribution < 1.29 is 5.11 Å². The molecule has 0 aliphatic heterocycles. The molecule has 0 bridgehead atoms. The van der Waals surface area contributed by atoms with Crippen LogP contribution in [0.4, 0.5) is 0 Å². The fourth-order valence-electron chi connectivity index (χ4n) is 1.25. The molecule has 0 aromatic carbocycles. The molecule has 3 heteroatoms. The van der Waals surface area contributed by atoms with Crippen LogP contribution in [0.1, 0.15) is 40.3 Å². The van der Waals surface area contributed by atoms with Crippen LogP contribution in [0.2, 0.25) is 0 Å². The van der Waals surface area contributed by atoms with Crippen molar-refractivity contribution in [2.24, 2.45) is 5.92 Å². The molecule has 1 heterocycles. The second-order valence-corrected chi connectivity index (χ2v) is 5.21. The topological polar surface area (TPSA) is 38.0 Å². The van der Waals surface area contributed by atoms with Crippen LogP contribution >= 0.6 is 0 Å². The first-order chi connectivity index (χ1) is 6.30. The molecule has 1 aromatic heterocycles. The summed E-state index contributed by atoms with van der Waals surface area (Å²) in [6, 6.07) is 1.75. The predicted molar refractivity (Wildman–Crippen MR) is 57.4 cm³/mol. The summed E-state index contributed by atoms with van der Waals surface area (Å²) in [4.78, 5) is 0. The summed E-state index contributed by atoms with van der Waals surface area (Å²) >= 11 is 0. The molecule has 0 aliphatic rings. The van der Waals surface area contributed by atoms with Crippen LogP contribution in [0.25, 0.3) is 0 Å². The van der Waals surface area contributed by atoms with Gasteiger partial charge in [-0.2, -0.15) is 5.10 Å². The van der Waals surface area contributed by atoms with E-state index < -0.39 is 0 Å². The van der Waals surface area contributed by atoms with Crippen LogP contribution < -0.4 is 0 Å². The lowest BCUT2D eigenvalue weighted by Crippen LogP contribution is -2.13. The van der Waals surface area contributed by atoms with E-state index in [0.29, 0.717) is 5.92 Å². The Bertz CT molecular complexity index is 308. The third-order valence-electron chi connectivity index (χ3n) is 2.07. The molecule has 0 unspecified atom stereocenters. The van der Waals surface area contributed by atoms with Gasteiger partial charge in [0.1, 0.15) is 0 Å². The zero-order chi connectivity index (χ0) is 10.9. The Balaban J connectivity index is 2.94. The molecule has 3 nitrogen and oxygen atoms in total. The van der Waals surface area contributed by atoms with Gasteiger partial charge in [0.15, 0.2) is 0 Å². The van der Waals surface area contributed by atoms with E-state index in [1.807, 2.05) is 0 Å². The lowest BCUT2D eigenvalue weighted by Gasteiger charge is -2.14. The number of aromatic hydroxyl groups is 1. The molecule has 0 spiro atoms. The van der Waals surface area contributed by atoms with Crippen molar-refractivity contribution in [1.29, 1.82) is 0 Å². The van der Waals surface area contributed by atoms with E-state index in [9.17, 15) is 5.11 Å². The molecule has 0 amide bonds. The highest BCUT2D eigenvalue weighted by Gasteiger charge is 2.19. The zero-order valence-corrected chi connectivity index (χ0v) is 9.70. The minimum absolute atomic E-state index is 0.000288. The molecule has 0 saturated carbocycles. The monoisotopic (exact) mass is 196 g/mol. The van der Waals surface area contributed by atoms with Crippen molar-refractivity contribution in [3.05, 3.63) is 11.8 Å². The van der Waals surface area contributed by atoms with E-state index in [1.54, 1.807) is 10.7 Å². The number of aromatic nitrogens is 2. The van der Waals surface area contributed by atoms with Gasteiger partial charge in [0, 0.05) is 18.0 Å². The Morgan fingerprint density at radius 3 is 2.36 bits per heavy atom. The van der Waals surface area contributed by atoms with Gasteiger partial charge < -0.3 is 5.11 Å². The fraction of sp³-hybridized carbons (Fsp3) is 0.727. The summed E-state index contributed by atoms with van der Waals surface area (Å²) in [6.45, 7) is 11.3. The maximum atomic E-state index is 9.64. The number of rotatable bonds is 2. The van der Waals surface area contributed by atoms with Crippen molar-refractivity contribution >= 4 is 0 Å². The molecule has 14 heavy (non-hydrogen) atoms. The van der Waals surface area contributed by atoms with E-state index in [1.165, 1.54) is 0 Å². The molecular formula is C11H20N2O. The van der Waals surface area contributed by atoms with E-state index in [0.717, 1.165) is 12.2 Å². The lowest BCUT2D eigenvalue weighted by molar-refractivity contribution is 0.370. The first-order valence-corrected chi connectivity index (χ1v) is 5.08. The first-order valence-electron chi connectivity index (χ1n) is 5.08. The van der Waals surface area contributed by atoms with E-state index >= 15 is 0 Å². The average molecular weight is 196 g/mol. The summed E-state index contributed by atoms with van der Waals surface area (Å²) in [7, 11) is 0. The smallest absolute Gasteiger partial charge is 0.209 e. The van der Waals surface area contributed by atoms with Crippen LogP contribution in [-0.2, 0) is 12.0 Å². The van der Waals surface area contributed by atoms with Gasteiger partial charge in [0.25, 0.3) is 0 Å². The molecule has 1 aromatic rings. The number of nitrogens with zero attached hydrogens (tertiary/aromatic N) is 2. The Hall–Kier alpha value is -0.990. The summed E-state index contributed by atoms with van der Waals surface area (Å²) in [5, 5.41) is 14.0. The Morgan fingerprint density at radius 2 is 2.00 bits per heavy atom. The van der Waals surface area contributed by atoms with E-state index in [-0.39, 0.29) is 11.3 Å². The molecule has 0 atom stereocenters. The molecule has 0 saturated heterocycles. The lowest BCUT2D eigenvalue weighted by atomic mass is 9.93. The highest BCUT2D eigenvalue weighted by molar-refractivity contribution is 5.20. The van der Waals surface area contributed by atoms with Gasteiger partial charge in [0.2, 0.25) is 5.88 Å². The Kier molecular flexibility index (Phi) is 2.88. The maximum Gasteiger partial charge on any atom is 0.209 e. The minimum Gasteiger partial charge on any atom is -0.493 e. The highest BCUT2D eigenvalue weighted by Crippen LogP contribution is 2.24. The summed E-state index contributed by atoms with van der Waals surface area (Å²) < 4.78 is 1.67. The van der Waals surface area contributed by atoms with Crippen molar-refractivity contribution in [2.45, 2.75) is 46.6 Å². The van der Waals surface area contributed by atoms with Gasteiger partial charge in [-0.05, 0) is 5.92 Å². The Labute approximate surface area is 85.8 Å². The van der Waals surface area contributed by atoms with Crippen LogP contribution in [0.15, 0.2) is 6.07 Å².